The van der Waals surface area contributed by atoms with Crippen LogP contribution in [-0.2, 0) is 32.6 Å². The monoisotopic (exact) mass is 705 g/mol. The summed E-state index contributed by atoms with van der Waals surface area (Å²) in [6, 6.07) is 28.9. The van der Waals surface area contributed by atoms with E-state index < -0.39 is 34.3 Å². The van der Waals surface area contributed by atoms with E-state index in [1.54, 1.807) is 30.3 Å². The number of hydrogen-bond acceptors (Lipinski definition) is 4. The van der Waals surface area contributed by atoms with Crippen LogP contribution in [0.15, 0.2) is 119 Å². The maximum atomic E-state index is 14.5. The summed E-state index contributed by atoms with van der Waals surface area (Å²) in [5.74, 6) is -1.39. The fourth-order valence-electron chi connectivity index (χ4n) is 5.79. The van der Waals surface area contributed by atoms with Gasteiger partial charge < -0.3 is 10.2 Å². The Labute approximate surface area is 278 Å². The number of rotatable bonds is 12. The Morgan fingerprint density at radius 1 is 0.826 bits per heavy atom. The van der Waals surface area contributed by atoms with Crippen molar-refractivity contribution in [2.75, 3.05) is 10.8 Å². The largest absolute Gasteiger partial charge is 0.352 e. The van der Waals surface area contributed by atoms with Gasteiger partial charge in [0.2, 0.25) is 11.8 Å². The number of sulfonamides is 1. The topological polar surface area (TPSA) is 86.8 Å². The van der Waals surface area contributed by atoms with Gasteiger partial charge in [-0.05, 0) is 72.5 Å². The van der Waals surface area contributed by atoms with Crippen LogP contribution >= 0.6 is 15.9 Å². The average Bonchev–Trinajstić information content (AvgIpc) is 3.06. The summed E-state index contributed by atoms with van der Waals surface area (Å²) in [6.45, 7) is -0.493. The standard InChI is InChI=1S/C36H37BrFN3O4S/c37-29-14-10-13-28(23-29)25-40(34(24-27-11-4-1-5-12-27)36(43)39-31-15-6-2-7-16-31)35(42)26-41(32-17-8-3-9-18-32)46(44,45)33-21-19-30(38)20-22-33/h1,3-5,8-14,17-23,31,34H,2,6-7,15-16,24-26H2,(H,39,43)/t34-/m0/s1. The van der Waals surface area contributed by atoms with Crippen LogP contribution in [0.5, 0.6) is 0 Å². The molecule has 0 saturated heterocycles. The molecule has 0 unspecified atom stereocenters. The van der Waals surface area contributed by atoms with E-state index >= 15 is 0 Å². The van der Waals surface area contributed by atoms with Gasteiger partial charge in [0, 0.05) is 23.5 Å². The van der Waals surface area contributed by atoms with Crippen LogP contribution in [0, 0.1) is 5.82 Å². The fourth-order valence-corrected chi connectivity index (χ4v) is 7.65. The third-order valence-corrected chi connectivity index (χ3v) is 10.5. The highest BCUT2D eigenvalue weighted by Crippen LogP contribution is 2.26. The molecule has 2 amide bonds. The minimum absolute atomic E-state index is 0.0158. The second kappa shape index (κ2) is 15.5. The number of nitrogens with one attached hydrogen (secondary N) is 1. The van der Waals surface area contributed by atoms with Gasteiger partial charge in [-0.2, -0.15) is 0 Å². The molecule has 240 valence electrons. The predicted molar refractivity (Wildman–Crippen MR) is 181 cm³/mol. The van der Waals surface area contributed by atoms with Crippen LogP contribution in [0.1, 0.15) is 43.2 Å². The Hall–Kier alpha value is -4.02. The summed E-state index contributed by atoms with van der Waals surface area (Å²) in [7, 11) is -4.30. The fraction of sp³-hybridized carbons (Fsp3) is 0.278. The molecule has 5 rings (SSSR count). The molecule has 0 aromatic heterocycles. The van der Waals surface area contributed by atoms with E-state index in [1.807, 2.05) is 54.6 Å². The molecule has 0 heterocycles. The molecule has 46 heavy (non-hydrogen) atoms. The first-order valence-corrected chi connectivity index (χ1v) is 17.7. The number of carbonyl (C=O) groups excluding carboxylic acids is 2. The smallest absolute Gasteiger partial charge is 0.264 e. The number of anilines is 1. The van der Waals surface area contributed by atoms with Gasteiger partial charge in [-0.1, -0.05) is 95.9 Å². The van der Waals surface area contributed by atoms with Crippen molar-refractivity contribution in [3.05, 3.63) is 131 Å². The van der Waals surface area contributed by atoms with Crippen molar-refractivity contribution in [2.24, 2.45) is 0 Å². The van der Waals surface area contributed by atoms with Gasteiger partial charge in [0.25, 0.3) is 10.0 Å². The average molecular weight is 707 g/mol. The van der Waals surface area contributed by atoms with Crippen molar-refractivity contribution in [1.82, 2.24) is 10.2 Å². The molecule has 1 saturated carbocycles. The zero-order chi connectivity index (χ0) is 32.5. The van der Waals surface area contributed by atoms with Crippen LogP contribution in [0.3, 0.4) is 0 Å². The summed E-state index contributed by atoms with van der Waals surface area (Å²) in [5, 5.41) is 3.21. The molecular weight excluding hydrogens is 669 g/mol. The van der Waals surface area contributed by atoms with Crippen molar-refractivity contribution < 1.29 is 22.4 Å². The van der Waals surface area contributed by atoms with Crippen molar-refractivity contribution in [2.45, 2.75) is 62.0 Å². The summed E-state index contributed by atoms with van der Waals surface area (Å²) in [5.41, 5.74) is 1.92. The van der Waals surface area contributed by atoms with Gasteiger partial charge in [0.05, 0.1) is 10.6 Å². The Bertz CT molecular complexity index is 1720. The molecule has 1 fully saturated rings. The number of hydrogen-bond donors (Lipinski definition) is 1. The highest BCUT2D eigenvalue weighted by Gasteiger charge is 2.35. The van der Waals surface area contributed by atoms with E-state index in [4.69, 9.17) is 0 Å². The van der Waals surface area contributed by atoms with E-state index in [0.29, 0.717) is 0 Å². The van der Waals surface area contributed by atoms with Crippen molar-refractivity contribution in [1.29, 1.82) is 0 Å². The van der Waals surface area contributed by atoms with Gasteiger partial charge in [0.15, 0.2) is 0 Å². The molecule has 10 heteroatoms. The van der Waals surface area contributed by atoms with Crippen LogP contribution in [0.25, 0.3) is 0 Å². The lowest BCUT2D eigenvalue weighted by atomic mass is 9.94. The van der Waals surface area contributed by atoms with Gasteiger partial charge >= 0.3 is 0 Å². The molecule has 0 aliphatic heterocycles. The van der Waals surface area contributed by atoms with Gasteiger partial charge in [-0.3, -0.25) is 13.9 Å². The summed E-state index contributed by atoms with van der Waals surface area (Å²) >= 11 is 3.51. The second-order valence-electron chi connectivity index (χ2n) is 11.5. The molecule has 4 aromatic rings. The van der Waals surface area contributed by atoms with Crippen LogP contribution < -0.4 is 9.62 Å². The first kappa shape index (κ1) is 33.3. The molecule has 1 N–H and O–H groups in total. The molecule has 0 spiro atoms. The quantitative estimate of drug-likeness (QED) is 0.174. The minimum atomic E-state index is -4.30. The number of halogens is 2. The molecule has 4 aromatic carbocycles. The van der Waals surface area contributed by atoms with E-state index in [9.17, 15) is 22.4 Å². The first-order valence-electron chi connectivity index (χ1n) is 15.4. The third-order valence-electron chi connectivity index (χ3n) is 8.19. The Morgan fingerprint density at radius 2 is 1.46 bits per heavy atom. The van der Waals surface area contributed by atoms with Crippen molar-refractivity contribution >= 4 is 43.5 Å². The van der Waals surface area contributed by atoms with E-state index in [1.165, 1.54) is 17.0 Å². The van der Waals surface area contributed by atoms with Gasteiger partial charge in [-0.15, -0.1) is 0 Å². The number of para-hydroxylation sites is 1. The first-order chi connectivity index (χ1) is 22.2. The number of carbonyl (C=O) groups is 2. The van der Waals surface area contributed by atoms with Crippen molar-refractivity contribution in [3.63, 3.8) is 0 Å². The molecule has 0 bridgehead atoms. The number of nitrogens with zero attached hydrogens (tertiary/aromatic N) is 2. The summed E-state index contributed by atoms with van der Waals surface area (Å²) in [6.07, 6.45) is 5.19. The summed E-state index contributed by atoms with van der Waals surface area (Å²) in [4.78, 5) is 30.0. The van der Waals surface area contributed by atoms with Gasteiger partial charge in [0.1, 0.15) is 18.4 Å². The maximum absolute atomic E-state index is 14.5. The molecule has 0 radical (unpaired) electrons. The third kappa shape index (κ3) is 8.61. The highest BCUT2D eigenvalue weighted by atomic mass is 79.9. The van der Waals surface area contributed by atoms with Crippen LogP contribution in [0.2, 0.25) is 0 Å². The van der Waals surface area contributed by atoms with Crippen LogP contribution in [-0.4, -0.2) is 43.8 Å². The zero-order valence-corrected chi connectivity index (χ0v) is 27.8. The summed E-state index contributed by atoms with van der Waals surface area (Å²) < 4.78 is 43.6. The normalized spacial score (nSPS) is 14.3. The van der Waals surface area contributed by atoms with E-state index in [2.05, 4.69) is 21.2 Å². The highest BCUT2D eigenvalue weighted by molar-refractivity contribution is 9.10. The SMILES string of the molecule is O=C(NC1CCCCC1)[C@H](Cc1ccccc1)N(Cc1cccc(Br)c1)C(=O)CN(c1ccccc1)S(=O)(=O)c1ccc(F)cc1. The Kier molecular flexibility index (Phi) is 11.2. The van der Waals surface area contributed by atoms with E-state index in [-0.39, 0.29) is 35.5 Å². The lowest BCUT2D eigenvalue weighted by molar-refractivity contribution is -0.140. The van der Waals surface area contributed by atoms with E-state index in [0.717, 1.165) is 64.1 Å². The number of amides is 2. The maximum Gasteiger partial charge on any atom is 0.264 e. The minimum Gasteiger partial charge on any atom is -0.352 e. The lowest BCUT2D eigenvalue weighted by Crippen LogP contribution is -2.55. The zero-order valence-electron chi connectivity index (χ0n) is 25.4. The second-order valence-corrected chi connectivity index (χ2v) is 14.3. The van der Waals surface area contributed by atoms with Crippen molar-refractivity contribution in [3.8, 4) is 0 Å². The lowest BCUT2D eigenvalue weighted by Gasteiger charge is -2.35. The molecule has 1 aliphatic carbocycles. The predicted octanol–water partition coefficient (Wildman–Crippen LogP) is 6.87. The molecule has 1 aliphatic rings. The number of benzene rings is 4. The molecule has 1 atom stereocenters. The van der Waals surface area contributed by atoms with Crippen LogP contribution in [0.4, 0.5) is 10.1 Å². The molecule has 7 nitrogen and oxygen atoms in total. The van der Waals surface area contributed by atoms with Gasteiger partial charge in [-0.25, -0.2) is 12.8 Å². The Morgan fingerprint density at radius 3 is 2.11 bits per heavy atom. The Balaban J connectivity index is 1.55. The molecular formula is C36H37BrFN3O4S.